The zero-order valence-electron chi connectivity index (χ0n) is 49.7. The number of Topliss-reactive ketones (excluding diaryl/α,β-unsaturated/α-hetero) is 1. The van der Waals surface area contributed by atoms with Gasteiger partial charge in [0.2, 0.25) is 11.8 Å². The number of thiocarbonyl (C=S) groups is 1. The van der Waals surface area contributed by atoms with E-state index in [1.165, 1.54) is 12.0 Å². The van der Waals surface area contributed by atoms with E-state index in [-0.39, 0.29) is 29.5 Å². The highest BCUT2D eigenvalue weighted by Gasteiger charge is 2.18. The number of hydrogen-bond donors (Lipinski definition) is 14. The molecule has 0 atom stereocenters. The first-order valence-corrected chi connectivity index (χ1v) is 32.3. The number of nitrogens with zero attached hydrogens (tertiary/aromatic N) is 3. The number of aliphatic imine (C=N–C) groups is 1. The van der Waals surface area contributed by atoms with Gasteiger partial charge in [0.15, 0.2) is 5.78 Å². The van der Waals surface area contributed by atoms with Crippen LogP contribution in [-0.2, 0) is 22.6 Å². The second-order valence-electron chi connectivity index (χ2n) is 17.8. The topological polar surface area (TPSA) is 241 Å². The summed E-state index contributed by atoms with van der Waals surface area (Å²) in [7, 11) is 6.46. The van der Waals surface area contributed by atoms with Crippen LogP contribution in [0.5, 0.6) is 0 Å². The lowest BCUT2D eigenvalue weighted by atomic mass is 10.1. The Bertz CT molecular complexity index is 2850. The number of thiol groups is 6. The summed E-state index contributed by atoms with van der Waals surface area (Å²) >= 11 is 30.4. The van der Waals surface area contributed by atoms with E-state index in [0.29, 0.717) is 64.6 Å². The molecule has 18 nitrogen and oxygen atoms in total. The average molecular weight is 1340 g/mol. The van der Waals surface area contributed by atoms with Crippen molar-refractivity contribution >= 4 is 163 Å². The van der Waals surface area contributed by atoms with Gasteiger partial charge < -0.3 is 57.5 Å². The molecule has 0 bridgehead atoms. The Morgan fingerprint density at radius 2 is 1.11 bits per heavy atom. The number of likely N-dealkylation sites (tertiary alicyclic amines) is 1. The molecule has 0 radical (unpaired) electrons. The van der Waals surface area contributed by atoms with Crippen LogP contribution in [0, 0.1) is 0 Å². The van der Waals surface area contributed by atoms with Gasteiger partial charge >= 0.3 is 5.97 Å². The number of anilines is 4. The summed E-state index contributed by atoms with van der Waals surface area (Å²) in [6.07, 6.45) is 3.18. The van der Waals surface area contributed by atoms with Gasteiger partial charge in [0, 0.05) is 122 Å². The number of nitrogens with one attached hydrogen (secondary N) is 7. The van der Waals surface area contributed by atoms with E-state index in [0.717, 1.165) is 85.2 Å². The predicted octanol–water partition coefficient (Wildman–Crippen LogP) is 11.0. The number of benzene rings is 5. The highest BCUT2D eigenvalue weighted by Crippen LogP contribution is 2.15. The van der Waals surface area contributed by atoms with Crippen LogP contribution >= 0.6 is 99.3 Å². The van der Waals surface area contributed by atoms with Crippen molar-refractivity contribution in [1.29, 1.82) is 0 Å². The van der Waals surface area contributed by atoms with Crippen LogP contribution in [0.4, 0.5) is 22.7 Å². The van der Waals surface area contributed by atoms with Crippen LogP contribution < -0.4 is 43.0 Å². The van der Waals surface area contributed by atoms with E-state index in [2.05, 4.69) is 158 Å². The van der Waals surface area contributed by atoms with Gasteiger partial charge in [-0.1, -0.05) is 25.1 Å². The Hall–Kier alpha value is -6.16. The maximum Gasteiger partial charge on any atom is 0.337 e. The van der Waals surface area contributed by atoms with Crippen molar-refractivity contribution in [3.8, 4) is 0 Å². The van der Waals surface area contributed by atoms with E-state index in [4.69, 9.17) is 5.73 Å². The number of carbonyl (C=O) groups is 6. The first-order valence-electron chi connectivity index (χ1n) is 27.2. The quantitative estimate of drug-likeness (QED) is 0.00513. The van der Waals surface area contributed by atoms with E-state index in [1.807, 2.05) is 72.5 Å². The Morgan fingerprint density at radius 3 is 1.49 bits per heavy atom. The largest absolute Gasteiger partial charge is 0.465 e. The minimum absolute atomic E-state index is 0.0161. The number of isothiocyanates is 1. The molecule has 0 unspecified atom stereocenters. The van der Waals surface area contributed by atoms with Crippen LogP contribution in [0.1, 0.15) is 94.8 Å². The highest BCUT2D eigenvalue weighted by atomic mass is 32.1. The van der Waals surface area contributed by atoms with Crippen molar-refractivity contribution < 1.29 is 33.5 Å². The minimum Gasteiger partial charge on any atom is -0.465 e. The number of primary amides is 1. The number of ketones is 1. The fourth-order valence-electron chi connectivity index (χ4n) is 6.96. The van der Waals surface area contributed by atoms with Crippen LogP contribution in [0.25, 0.3) is 0 Å². The molecule has 6 aromatic rings. The molecule has 0 spiro atoms. The number of rotatable bonds is 24. The van der Waals surface area contributed by atoms with E-state index in [1.54, 1.807) is 98.0 Å². The summed E-state index contributed by atoms with van der Waals surface area (Å²) in [5, 5.41) is 25.2. The van der Waals surface area contributed by atoms with Gasteiger partial charge in [-0.25, -0.2) is 9.79 Å². The van der Waals surface area contributed by atoms with E-state index < -0.39 is 5.91 Å². The molecule has 26 heteroatoms. The molecule has 87 heavy (non-hydrogen) atoms. The lowest BCUT2D eigenvalue weighted by Crippen LogP contribution is -2.25. The summed E-state index contributed by atoms with van der Waals surface area (Å²) in [6.45, 7) is 5.99. The Labute approximate surface area is 555 Å². The molecular formula is C61H83N11O7S8. The Balaban J connectivity index is 0.000000509. The number of esters is 1. The summed E-state index contributed by atoms with van der Waals surface area (Å²) in [5.41, 5.74) is 13.2. The number of amides is 4. The third kappa shape index (κ3) is 35.4. The van der Waals surface area contributed by atoms with Crippen molar-refractivity contribution in [3.05, 3.63) is 177 Å². The molecule has 1 saturated heterocycles. The summed E-state index contributed by atoms with van der Waals surface area (Å²) in [4.78, 5) is 75.3. The molecule has 1 fully saturated rings. The third-order valence-electron chi connectivity index (χ3n) is 11.5. The molecule has 0 saturated carbocycles. The fourth-order valence-corrected chi connectivity index (χ4v) is 8.68. The fraction of sp³-hybridized carbons (Fsp3) is 0.328. The maximum atomic E-state index is 11.5. The lowest BCUT2D eigenvalue weighted by Gasteiger charge is -2.13. The second-order valence-corrected chi connectivity index (χ2v) is 20.9. The molecule has 4 amide bonds. The number of nitrogens with two attached hydrogens (primary N) is 1. The van der Waals surface area contributed by atoms with Crippen LogP contribution in [0.15, 0.2) is 144 Å². The number of hydrogen-bond acceptors (Lipinski definition) is 22. The summed E-state index contributed by atoms with van der Waals surface area (Å²) in [6, 6.07) is 40.4. The Morgan fingerprint density at radius 1 is 0.655 bits per heavy atom. The van der Waals surface area contributed by atoms with Gasteiger partial charge in [-0.05, 0) is 151 Å². The van der Waals surface area contributed by atoms with Gasteiger partial charge in [-0.2, -0.15) is 75.8 Å². The molecule has 9 N–H and O–H groups in total. The van der Waals surface area contributed by atoms with Crippen molar-refractivity contribution in [2.75, 3.05) is 104 Å². The second kappa shape index (κ2) is 49.8. The number of methoxy groups -OCH3 is 1. The smallest absolute Gasteiger partial charge is 0.337 e. The highest BCUT2D eigenvalue weighted by molar-refractivity contribution is 7.81. The Kier molecular flexibility index (Phi) is 45.1. The first kappa shape index (κ1) is 78.9. The SMILES string of the molecule is CCC(=O)c1ccc(NCS)cc1.CN(C)C(=O)c1ccc(NCS)cc1.CNC(=O)c1ccc(NCS)cc1.COC(=O)c1ccc(CNCS)cc1.NC(=O)c1ccc(NCS)cc1.O=C1CCCN1CCCN=C=S.SCNCc1cccs1. The molecule has 1 aromatic heterocycles. The van der Waals surface area contributed by atoms with Gasteiger partial charge in [-0.15, -0.1) is 11.3 Å². The predicted molar refractivity (Wildman–Crippen MR) is 384 cm³/mol. The normalized spacial score (nSPS) is 10.6. The van der Waals surface area contributed by atoms with Gasteiger partial charge in [0.05, 0.1) is 47.9 Å². The number of carbonyl (C=O) groups excluding carboxylic acids is 6. The van der Waals surface area contributed by atoms with Gasteiger partial charge in [0.25, 0.3) is 11.8 Å². The molecule has 2 heterocycles. The standard InChI is InChI=1S/C10H14N2OS.C10H13NO2S.C10H13NOS.C9H12N2OS.C8H10N2OS.C8H12N2OS.C6H9NS2/c1-12(2)10(13)8-3-5-9(6-4-8)11-7-14;1-13-10(12)9-4-2-8(3-5-9)6-11-7-14;1-2-10(12)8-3-5-9(6-4-8)11-7-13;1-10-9(12)7-2-4-8(5-3-7)11-6-13;9-8(11)6-1-3-7(4-2-6)10-5-12;11-8-3-1-5-10(8)6-2-4-9-7-12;8-5-7-4-6-2-1-3-9-6/h3-6,11,14H,7H2,1-2H3;2-5,11,14H,6-7H2,1H3;3-6,11,13H,2,7H2,1H3;2-5,11,13H,6H2,1H3,(H,10,12);1-4,10,12H,5H2,(H2,9,11);1-6H2;1-3,7-8H,4-5H2. The zero-order chi connectivity index (χ0) is 64.6. The van der Waals surface area contributed by atoms with Crippen molar-refractivity contribution in [2.45, 2.75) is 45.7 Å². The summed E-state index contributed by atoms with van der Waals surface area (Å²) in [5.74, 6) is 3.40. The number of thiophene rings is 1. The van der Waals surface area contributed by atoms with Crippen LogP contribution in [-0.4, -0.2) is 133 Å². The third-order valence-corrected chi connectivity index (χ3v) is 13.6. The molecule has 5 aromatic carbocycles. The van der Waals surface area contributed by atoms with E-state index in [9.17, 15) is 28.8 Å². The maximum absolute atomic E-state index is 11.5. The van der Waals surface area contributed by atoms with Crippen molar-refractivity contribution in [3.63, 3.8) is 0 Å². The summed E-state index contributed by atoms with van der Waals surface area (Å²) < 4.78 is 4.59. The number of ether oxygens (including phenoxy) is 1. The van der Waals surface area contributed by atoms with Crippen molar-refractivity contribution in [1.82, 2.24) is 25.8 Å². The molecule has 1 aliphatic rings. The monoisotopic (exact) mass is 1340 g/mol. The van der Waals surface area contributed by atoms with Crippen molar-refractivity contribution in [2.24, 2.45) is 10.7 Å². The molecule has 0 aliphatic carbocycles. The first-order chi connectivity index (χ1) is 42.0. The van der Waals surface area contributed by atoms with Crippen LogP contribution in [0.3, 0.4) is 0 Å². The van der Waals surface area contributed by atoms with Gasteiger partial charge in [0.1, 0.15) is 0 Å². The minimum atomic E-state index is -0.410. The molecular weight excluding hydrogens is 1260 g/mol. The average Bonchev–Trinajstić information content (AvgIpc) is 4.42. The van der Waals surface area contributed by atoms with Gasteiger partial charge in [-0.3, -0.25) is 24.0 Å². The van der Waals surface area contributed by atoms with E-state index >= 15 is 0 Å². The van der Waals surface area contributed by atoms with Crippen LogP contribution in [0.2, 0.25) is 0 Å². The molecule has 1 aliphatic heterocycles. The lowest BCUT2D eigenvalue weighted by molar-refractivity contribution is -0.127. The zero-order valence-corrected chi connectivity index (χ0v) is 56.7. The molecule has 7 rings (SSSR count). The molecule has 472 valence electrons.